The van der Waals surface area contributed by atoms with Crippen LogP contribution in [0.2, 0.25) is 0 Å². The summed E-state index contributed by atoms with van der Waals surface area (Å²) in [7, 11) is 0. The van der Waals surface area contributed by atoms with Crippen LogP contribution in [0.1, 0.15) is 18.1 Å². The van der Waals surface area contributed by atoms with Gasteiger partial charge in [0.15, 0.2) is 0 Å². The van der Waals surface area contributed by atoms with Gasteiger partial charge in [0.1, 0.15) is 5.75 Å². The molecule has 0 saturated carbocycles. The summed E-state index contributed by atoms with van der Waals surface area (Å²) in [5, 5.41) is 0. The SMILES string of the molecule is C=Cc1ccc(OCC)c(CCl)c1. The number of hydrogen-bond acceptors (Lipinski definition) is 1. The van der Waals surface area contributed by atoms with Gasteiger partial charge in [-0.25, -0.2) is 0 Å². The predicted octanol–water partition coefficient (Wildman–Crippen LogP) is 3.47. The number of halogens is 1. The minimum absolute atomic E-state index is 0.469. The Morgan fingerprint density at radius 3 is 2.85 bits per heavy atom. The van der Waals surface area contributed by atoms with Crippen LogP contribution in [-0.4, -0.2) is 6.61 Å². The number of hydrogen-bond donors (Lipinski definition) is 0. The first kappa shape index (κ1) is 10.1. The second kappa shape index (κ2) is 4.93. The Bertz CT molecular complexity index is 294. The molecular formula is C11H13ClO. The van der Waals surface area contributed by atoms with Gasteiger partial charge in [0.2, 0.25) is 0 Å². The molecule has 0 atom stereocenters. The lowest BCUT2D eigenvalue weighted by molar-refractivity contribution is 0.337. The normalized spacial score (nSPS) is 9.69. The van der Waals surface area contributed by atoms with Crippen LogP contribution < -0.4 is 4.74 Å². The maximum absolute atomic E-state index is 5.78. The highest BCUT2D eigenvalue weighted by Crippen LogP contribution is 2.22. The van der Waals surface area contributed by atoms with Gasteiger partial charge in [0.25, 0.3) is 0 Å². The molecule has 0 aromatic heterocycles. The first-order valence-electron chi connectivity index (χ1n) is 4.26. The summed E-state index contributed by atoms with van der Waals surface area (Å²) in [5.41, 5.74) is 2.08. The molecule has 1 aromatic rings. The number of benzene rings is 1. The van der Waals surface area contributed by atoms with Gasteiger partial charge in [-0.1, -0.05) is 18.7 Å². The van der Waals surface area contributed by atoms with E-state index in [1.165, 1.54) is 0 Å². The summed E-state index contributed by atoms with van der Waals surface area (Å²) in [4.78, 5) is 0. The van der Waals surface area contributed by atoms with Crippen molar-refractivity contribution in [3.8, 4) is 5.75 Å². The zero-order valence-electron chi connectivity index (χ0n) is 7.72. The first-order valence-corrected chi connectivity index (χ1v) is 4.79. The van der Waals surface area contributed by atoms with E-state index in [0.717, 1.165) is 16.9 Å². The molecule has 1 aromatic carbocycles. The highest BCUT2D eigenvalue weighted by Gasteiger charge is 2.01. The maximum Gasteiger partial charge on any atom is 0.123 e. The molecule has 0 heterocycles. The quantitative estimate of drug-likeness (QED) is 0.671. The number of alkyl halides is 1. The Hall–Kier alpha value is -0.950. The Kier molecular flexibility index (Phi) is 3.84. The van der Waals surface area contributed by atoms with Crippen LogP contribution >= 0.6 is 11.6 Å². The van der Waals surface area contributed by atoms with Crippen LogP contribution in [-0.2, 0) is 5.88 Å². The molecule has 0 amide bonds. The number of rotatable bonds is 4. The molecule has 1 nitrogen and oxygen atoms in total. The largest absolute Gasteiger partial charge is 0.494 e. The lowest BCUT2D eigenvalue weighted by Crippen LogP contribution is -1.95. The molecule has 70 valence electrons. The summed E-state index contributed by atoms with van der Waals surface area (Å²) in [6, 6.07) is 5.89. The molecule has 0 spiro atoms. The van der Waals surface area contributed by atoms with Crippen molar-refractivity contribution in [2.75, 3.05) is 6.61 Å². The van der Waals surface area contributed by atoms with Crippen molar-refractivity contribution in [1.29, 1.82) is 0 Å². The topological polar surface area (TPSA) is 9.23 Å². The minimum atomic E-state index is 0.469. The van der Waals surface area contributed by atoms with Crippen LogP contribution in [0.25, 0.3) is 6.08 Å². The molecular weight excluding hydrogens is 184 g/mol. The van der Waals surface area contributed by atoms with Gasteiger partial charge in [-0.2, -0.15) is 0 Å². The third-order valence-corrected chi connectivity index (χ3v) is 2.05. The molecule has 0 aliphatic carbocycles. The lowest BCUT2D eigenvalue weighted by atomic mass is 10.1. The highest BCUT2D eigenvalue weighted by molar-refractivity contribution is 6.17. The molecule has 0 saturated heterocycles. The van der Waals surface area contributed by atoms with Crippen LogP contribution in [0.15, 0.2) is 24.8 Å². The third kappa shape index (κ3) is 2.49. The third-order valence-electron chi connectivity index (χ3n) is 1.76. The van der Waals surface area contributed by atoms with E-state index in [4.69, 9.17) is 16.3 Å². The molecule has 13 heavy (non-hydrogen) atoms. The van der Waals surface area contributed by atoms with Gasteiger partial charge in [-0.3, -0.25) is 0 Å². The lowest BCUT2D eigenvalue weighted by Gasteiger charge is -2.08. The second-order valence-electron chi connectivity index (χ2n) is 2.64. The van der Waals surface area contributed by atoms with Crippen molar-refractivity contribution in [3.63, 3.8) is 0 Å². The second-order valence-corrected chi connectivity index (χ2v) is 2.91. The maximum atomic E-state index is 5.78. The molecule has 0 radical (unpaired) electrons. The molecule has 0 fully saturated rings. The summed E-state index contributed by atoms with van der Waals surface area (Å²) >= 11 is 5.78. The fraction of sp³-hybridized carbons (Fsp3) is 0.273. The van der Waals surface area contributed by atoms with Crippen LogP contribution in [0.5, 0.6) is 5.75 Å². The van der Waals surface area contributed by atoms with E-state index in [1.807, 2.05) is 25.1 Å². The van der Waals surface area contributed by atoms with Crippen LogP contribution in [0.3, 0.4) is 0 Å². The van der Waals surface area contributed by atoms with Crippen molar-refractivity contribution >= 4 is 17.7 Å². The van der Waals surface area contributed by atoms with Crippen molar-refractivity contribution in [3.05, 3.63) is 35.9 Å². The van der Waals surface area contributed by atoms with Crippen molar-refractivity contribution in [1.82, 2.24) is 0 Å². The minimum Gasteiger partial charge on any atom is -0.494 e. The summed E-state index contributed by atoms with van der Waals surface area (Å²) in [5.74, 6) is 1.33. The smallest absolute Gasteiger partial charge is 0.123 e. The summed E-state index contributed by atoms with van der Waals surface area (Å²) < 4.78 is 5.41. The zero-order chi connectivity index (χ0) is 9.68. The van der Waals surface area contributed by atoms with Gasteiger partial charge in [0, 0.05) is 5.56 Å². The Labute approximate surface area is 84.0 Å². The summed E-state index contributed by atoms with van der Waals surface area (Å²) in [6.45, 7) is 6.32. The molecule has 0 aliphatic rings. The molecule has 0 N–H and O–H groups in total. The van der Waals surface area contributed by atoms with Gasteiger partial charge in [-0.05, 0) is 24.6 Å². The summed E-state index contributed by atoms with van der Waals surface area (Å²) in [6.07, 6.45) is 1.80. The fourth-order valence-corrected chi connectivity index (χ4v) is 1.34. The van der Waals surface area contributed by atoms with E-state index in [9.17, 15) is 0 Å². The van der Waals surface area contributed by atoms with E-state index in [-0.39, 0.29) is 0 Å². The van der Waals surface area contributed by atoms with E-state index in [2.05, 4.69) is 6.58 Å². The molecule has 0 unspecified atom stereocenters. The van der Waals surface area contributed by atoms with Gasteiger partial charge in [-0.15, -0.1) is 11.6 Å². The molecule has 0 aliphatic heterocycles. The Morgan fingerprint density at radius 1 is 1.54 bits per heavy atom. The molecule has 1 rings (SSSR count). The molecule has 0 bridgehead atoms. The first-order chi connectivity index (χ1) is 6.31. The monoisotopic (exact) mass is 196 g/mol. The Morgan fingerprint density at radius 2 is 2.31 bits per heavy atom. The van der Waals surface area contributed by atoms with Crippen LogP contribution in [0.4, 0.5) is 0 Å². The average Bonchev–Trinajstić information content (AvgIpc) is 2.19. The fourth-order valence-electron chi connectivity index (χ4n) is 1.13. The van der Waals surface area contributed by atoms with Crippen LogP contribution in [0, 0.1) is 0 Å². The highest BCUT2D eigenvalue weighted by atomic mass is 35.5. The molecule has 2 heteroatoms. The van der Waals surface area contributed by atoms with E-state index in [1.54, 1.807) is 6.08 Å². The van der Waals surface area contributed by atoms with Crippen molar-refractivity contribution < 1.29 is 4.74 Å². The van der Waals surface area contributed by atoms with Gasteiger partial charge in [0.05, 0.1) is 12.5 Å². The van der Waals surface area contributed by atoms with Gasteiger partial charge < -0.3 is 4.74 Å². The Balaban J connectivity index is 3.00. The predicted molar refractivity (Wildman–Crippen MR) is 57.3 cm³/mol. The standard InChI is InChI=1S/C11H13ClO/c1-3-9-5-6-11(13-4-2)10(7-9)8-12/h3,5-7H,1,4,8H2,2H3. The average molecular weight is 197 g/mol. The number of ether oxygens (including phenoxy) is 1. The zero-order valence-corrected chi connectivity index (χ0v) is 8.47. The van der Waals surface area contributed by atoms with E-state index < -0.39 is 0 Å². The van der Waals surface area contributed by atoms with E-state index >= 15 is 0 Å². The van der Waals surface area contributed by atoms with Gasteiger partial charge >= 0.3 is 0 Å². The van der Waals surface area contributed by atoms with Crippen molar-refractivity contribution in [2.24, 2.45) is 0 Å². The van der Waals surface area contributed by atoms with E-state index in [0.29, 0.717) is 12.5 Å². The van der Waals surface area contributed by atoms with Crippen molar-refractivity contribution in [2.45, 2.75) is 12.8 Å².